The Morgan fingerprint density at radius 2 is 1.37 bits per heavy atom. The van der Waals surface area contributed by atoms with Gasteiger partial charge in [0.2, 0.25) is 17.1 Å². The Labute approximate surface area is 299 Å². The number of aromatic nitrogens is 4. The number of anilines is 2. The van der Waals surface area contributed by atoms with E-state index in [9.17, 15) is 4.79 Å². The van der Waals surface area contributed by atoms with Crippen molar-refractivity contribution in [1.29, 1.82) is 0 Å². The Hall–Kier alpha value is -2.59. The summed E-state index contributed by atoms with van der Waals surface area (Å²) in [6.07, 6.45) is 4.45. The molecule has 14 heteroatoms. The summed E-state index contributed by atoms with van der Waals surface area (Å²) >= 11 is 36.9. The van der Waals surface area contributed by atoms with Gasteiger partial charge in [0.05, 0.1) is 11.4 Å². The van der Waals surface area contributed by atoms with Crippen LogP contribution in [0.1, 0.15) is 55.1 Å². The summed E-state index contributed by atoms with van der Waals surface area (Å²) in [5.74, 6) is 1.42. The maximum absolute atomic E-state index is 11.6. The third kappa shape index (κ3) is 11.0. The first-order chi connectivity index (χ1) is 22.1. The Bertz CT molecular complexity index is 1600. The van der Waals surface area contributed by atoms with Crippen molar-refractivity contribution in [2.75, 3.05) is 36.8 Å². The monoisotopic (exact) mass is 741 g/mol. The van der Waals surface area contributed by atoms with Gasteiger partial charge in [0.1, 0.15) is 11.0 Å². The van der Waals surface area contributed by atoms with Gasteiger partial charge in [0.25, 0.3) is 0 Å². The van der Waals surface area contributed by atoms with Gasteiger partial charge in [0, 0.05) is 71.6 Å². The molecular weight excluding hydrogens is 711 g/mol. The molecule has 2 N–H and O–H groups in total. The molecule has 1 amide bonds. The van der Waals surface area contributed by atoms with E-state index in [2.05, 4.69) is 37.5 Å². The lowest BCUT2D eigenvalue weighted by Gasteiger charge is -2.15. The maximum atomic E-state index is 11.6. The molecule has 0 spiro atoms. The molecule has 0 atom stereocenters. The molecule has 0 unspecified atom stereocenters. The molecule has 2 aromatic carbocycles. The van der Waals surface area contributed by atoms with Crippen LogP contribution in [0.5, 0.6) is 0 Å². The average molecular weight is 744 g/mol. The topological polar surface area (TPSA) is 95.9 Å². The van der Waals surface area contributed by atoms with Crippen molar-refractivity contribution < 1.29 is 4.79 Å². The molecule has 3 heterocycles. The third-order valence-corrected chi connectivity index (χ3v) is 8.73. The number of carbonyl (C=O) groups is 1. The van der Waals surface area contributed by atoms with Crippen molar-refractivity contribution >= 4 is 87.3 Å². The van der Waals surface area contributed by atoms with Gasteiger partial charge >= 0.3 is 0 Å². The molecule has 0 saturated carbocycles. The van der Waals surface area contributed by atoms with E-state index in [1.54, 1.807) is 24.3 Å². The fourth-order valence-electron chi connectivity index (χ4n) is 4.71. The summed E-state index contributed by atoms with van der Waals surface area (Å²) in [6.45, 7) is 5.19. The third-order valence-electron chi connectivity index (χ3n) is 6.95. The Balaban J connectivity index is 0.000000216. The lowest BCUT2D eigenvalue weighted by atomic mass is 10.1. The summed E-state index contributed by atoms with van der Waals surface area (Å²) in [5.41, 5.74) is 3.16. The fourth-order valence-corrected chi connectivity index (χ4v) is 6.18. The number of hydrogen-bond donors (Lipinski definition) is 2. The molecule has 1 fully saturated rings. The predicted molar refractivity (Wildman–Crippen MR) is 190 cm³/mol. The molecule has 0 bridgehead atoms. The highest BCUT2D eigenvalue weighted by Gasteiger charge is 2.19. The zero-order valence-corrected chi connectivity index (χ0v) is 29.6. The standard InChI is InChI=1S/C18H19Cl3N4O.C14H14Cl3N3/c19-14-4-1-5-15(20)13(14)10-12-11-16(24-18(21)23-12)22-7-3-9-25-8-2-6-17(25)26;1-2-6-18-14-19-9(8-13(17)20-14)7-10-11(15)4-3-5-12(10)16/h1,4-5,11H,2-3,6-10H2,(H,22,23,24);3-5,8H,2,6-7H2,1H3,(H,18,19,20). The van der Waals surface area contributed by atoms with Crippen molar-refractivity contribution in [3.05, 3.63) is 102 Å². The zero-order chi connectivity index (χ0) is 33.1. The van der Waals surface area contributed by atoms with Crippen LogP contribution in [0.15, 0.2) is 48.5 Å². The van der Waals surface area contributed by atoms with E-state index in [1.807, 2.05) is 29.2 Å². The molecule has 0 aliphatic carbocycles. The van der Waals surface area contributed by atoms with Crippen LogP contribution in [0.4, 0.5) is 11.8 Å². The highest BCUT2D eigenvalue weighted by molar-refractivity contribution is 6.36. The second-order valence-electron chi connectivity index (χ2n) is 10.5. The molecule has 1 saturated heterocycles. The van der Waals surface area contributed by atoms with Crippen LogP contribution >= 0.6 is 69.6 Å². The largest absolute Gasteiger partial charge is 0.370 e. The number of nitrogens with one attached hydrogen (secondary N) is 2. The van der Waals surface area contributed by atoms with Gasteiger partial charge in [-0.3, -0.25) is 4.79 Å². The number of hydrogen-bond acceptors (Lipinski definition) is 7. The van der Waals surface area contributed by atoms with Gasteiger partial charge < -0.3 is 15.5 Å². The second-order valence-corrected chi connectivity index (χ2v) is 12.8. The van der Waals surface area contributed by atoms with E-state index in [-0.39, 0.29) is 11.2 Å². The Kier molecular flexibility index (Phi) is 14.3. The minimum atomic E-state index is 0.169. The molecular formula is C32H33Cl6N7O. The van der Waals surface area contributed by atoms with Crippen LogP contribution in [0.3, 0.4) is 0 Å². The summed E-state index contributed by atoms with van der Waals surface area (Å²) < 4.78 is 0. The van der Waals surface area contributed by atoms with Crippen molar-refractivity contribution in [3.8, 4) is 0 Å². The predicted octanol–water partition coefficient (Wildman–Crippen LogP) is 9.30. The zero-order valence-electron chi connectivity index (χ0n) is 25.1. The first kappa shape index (κ1) is 36.2. The normalized spacial score (nSPS) is 12.6. The molecule has 1 aliphatic rings. The van der Waals surface area contributed by atoms with Gasteiger partial charge in [-0.2, -0.15) is 0 Å². The number of benzene rings is 2. The van der Waals surface area contributed by atoms with E-state index in [4.69, 9.17) is 69.6 Å². The van der Waals surface area contributed by atoms with Crippen LogP contribution in [-0.4, -0.2) is 56.9 Å². The first-order valence-electron chi connectivity index (χ1n) is 14.8. The molecule has 244 valence electrons. The smallest absolute Gasteiger partial charge is 0.224 e. The van der Waals surface area contributed by atoms with Gasteiger partial charge in [-0.1, -0.05) is 77.1 Å². The number of halogens is 6. The minimum absolute atomic E-state index is 0.169. The quantitative estimate of drug-likeness (QED) is 0.0849. The number of amides is 1. The Morgan fingerprint density at radius 1 is 0.761 bits per heavy atom. The summed E-state index contributed by atoms with van der Waals surface area (Å²) in [6, 6.07) is 14.4. The number of likely N-dealkylation sites (tertiary alicyclic amines) is 1. The summed E-state index contributed by atoms with van der Waals surface area (Å²) in [4.78, 5) is 30.5. The van der Waals surface area contributed by atoms with Gasteiger partial charge in [-0.15, -0.1) is 0 Å². The van der Waals surface area contributed by atoms with E-state index < -0.39 is 0 Å². The number of nitrogens with zero attached hydrogens (tertiary/aromatic N) is 5. The molecule has 0 radical (unpaired) electrons. The highest BCUT2D eigenvalue weighted by atomic mass is 35.5. The SMILES string of the molecule is CCCNc1nc(Cl)cc(Cc2c(Cl)cccc2Cl)n1.O=C1CCCN1CCCNc1cc(Cc2c(Cl)cccc2Cl)nc(Cl)n1. The second kappa shape index (κ2) is 18.1. The lowest BCUT2D eigenvalue weighted by Crippen LogP contribution is -2.27. The van der Waals surface area contributed by atoms with Crippen LogP contribution in [0, 0.1) is 0 Å². The van der Waals surface area contributed by atoms with Gasteiger partial charge in [0.15, 0.2) is 0 Å². The minimum Gasteiger partial charge on any atom is -0.370 e. The Morgan fingerprint density at radius 3 is 1.93 bits per heavy atom. The molecule has 46 heavy (non-hydrogen) atoms. The van der Waals surface area contributed by atoms with Crippen LogP contribution in [-0.2, 0) is 17.6 Å². The van der Waals surface area contributed by atoms with Crippen molar-refractivity contribution in [2.45, 2.75) is 45.4 Å². The highest BCUT2D eigenvalue weighted by Crippen LogP contribution is 2.28. The van der Waals surface area contributed by atoms with Crippen LogP contribution in [0.2, 0.25) is 30.5 Å². The maximum Gasteiger partial charge on any atom is 0.224 e. The van der Waals surface area contributed by atoms with Crippen LogP contribution in [0.25, 0.3) is 0 Å². The first-order valence-corrected chi connectivity index (χ1v) is 17.1. The van der Waals surface area contributed by atoms with E-state index in [0.717, 1.165) is 61.4 Å². The van der Waals surface area contributed by atoms with E-state index >= 15 is 0 Å². The van der Waals surface area contributed by atoms with Gasteiger partial charge in [-0.25, -0.2) is 19.9 Å². The van der Waals surface area contributed by atoms with E-state index in [1.165, 1.54) is 0 Å². The van der Waals surface area contributed by atoms with Crippen molar-refractivity contribution in [2.24, 2.45) is 0 Å². The average Bonchev–Trinajstić information content (AvgIpc) is 3.42. The summed E-state index contributed by atoms with van der Waals surface area (Å²) in [5, 5.41) is 9.36. The number of carbonyl (C=O) groups excluding carboxylic acids is 1. The fraction of sp³-hybridized carbons (Fsp3) is 0.344. The lowest BCUT2D eigenvalue weighted by molar-refractivity contribution is -0.127. The number of rotatable bonds is 12. The molecule has 1 aliphatic heterocycles. The molecule has 2 aromatic heterocycles. The van der Waals surface area contributed by atoms with Crippen molar-refractivity contribution in [3.63, 3.8) is 0 Å². The summed E-state index contributed by atoms with van der Waals surface area (Å²) in [7, 11) is 0. The molecule has 4 aromatic rings. The molecule has 5 rings (SSSR count). The van der Waals surface area contributed by atoms with Gasteiger partial charge in [-0.05, 0) is 72.3 Å². The van der Waals surface area contributed by atoms with Crippen LogP contribution < -0.4 is 10.6 Å². The van der Waals surface area contributed by atoms with Crippen molar-refractivity contribution in [1.82, 2.24) is 24.8 Å². The molecule has 8 nitrogen and oxygen atoms in total. The van der Waals surface area contributed by atoms with E-state index in [0.29, 0.717) is 62.8 Å².